The summed E-state index contributed by atoms with van der Waals surface area (Å²) in [4.78, 5) is 30.8. The van der Waals surface area contributed by atoms with Gasteiger partial charge in [-0.3, -0.25) is 14.9 Å². The molecule has 2 heterocycles. The number of carboxylic acids is 1. The van der Waals surface area contributed by atoms with Crippen molar-refractivity contribution in [1.29, 1.82) is 0 Å². The molecule has 0 amide bonds. The fourth-order valence-corrected chi connectivity index (χ4v) is 1.99. The molecule has 2 rings (SSSR count). The largest absolute Gasteiger partial charge is 0.481 e. The van der Waals surface area contributed by atoms with E-state index < -0.39 is 16.3 Å². The fourth-order valence-electron chi connectivity index (χ4n) is 1.99. The van der Waals surface area contributed by atoms with Crippen LogP contribution in [0.2, 0.25) is 0 Å². The molecule has 1 N–H and O–H groups in total. The zero-order valence-electron chi connectivity index (χ0n) is 10.4. The molecule has 1 aliphatic rings. The molecule has 0 aromatic carbocycles. The van der Waals surface area contributed by atoms with Gasteiger partial charge in [-0.05, 0) is 19.8 Å². The number of carbonyl (C=O) groups is 1. The van der Waals surface area contributed by atoms with Crippen molar-refractivity contribution < 1.29 is 14.8 Å². The molecule has 1 aromatic rings. The monoisotopic (exact) mass is 266 g/mol. The van der Waals surface area contributed by atoms with Crippen molar-refractivity contribution >= 4 is 17.6 Å². The summed E-state index contributed by atoms with van der Waals surface area (Å²) in [5.74, 6) is -0.394. The number of hydrogen-bond donors (Lipinski definition) is 1. The molecule has 8 heteroatoms. The van der Waals surface area contributed by atoms with Crippen molar-refractivity contribution in [3.05, 3.63) is 22.5 Å². The minimum absolute atomic E-state index is 0.156. The van der Waals surface area contributed by atoms with Crippen LogP contribution < -0.4 is 4.90 Å². The lowest BCUT2D eigenvalue weighted by Crippen LogP contribution is -2.43. The van der Waals surface area contributed by atoms with Gasteiger partial charge in [-0.25, -0.2) is 9.97 Å². The van der Waals surface area contributed by atoms with Crippen LogP contribution in [0.15, 0.2) is 12.4 Å². The molecule has 0 aliphatic carbocycles. The van der Waals surface area contributed by atoms with E-state index in [1.807, 2.05) is 4.90 Å². The van der Waals surface area contributed by atoms with Crippen molar-refractivity contribution in [2.75, 3.05) is 18.0 Å². The number of carboxylic acid groups (broad SMARTS) is 1. The minimum atomic E-state index is -0.795. The van der Waals surface area contributed by atoms with Crippen molar-refractivity contribution in [1.82, 2.24) is 9.97 Å². The van der Waals surface area contributed by atoms with Gasteiger partial charge in [0.25, 0.3) is 0 Å². The Balaban J connectivity index is 2.05. The third-order valence-electron chi connectivity index (χ3n) is 3.50. The second kappa shape index (κ2) is 4.79. The van der Waals surface area contributed by atoms with Crippen LogP contribution in [0, 0.1) is 15.5 Å². The predicted molar refractivity (Wildman–Crippen MR) is 65.9 cm³/mol. The molecule has 0 saturated carbocycles. The molecule has 1 fully saturated rings. The van der Waals surface area contributed by atoms with E-state index in [0.717, 1.165) is 12.4 Å². The Morgan fingerprint density at radius 3 is 2.37 bits per heavy atom. The first-order valence-corrected chi connectivity index (χ1v) is 5.87. The Morgan fingerprint density at radius 2 is 1.95 bits per heavy atom. The second-order valence-electron chi connectivity index (χ2n) is 4.85. The van der Waals surface area contributed by atoms with Crippen LogP contribution in [0.5, 0.6) is 0 Å². The number of rotatable bonds is 3. The highest BCUT2D eigenvalue weighted by atomic mass is 16.6. The summed E-state index contributed by atoms with van der Waals surface area (Å²) in [6, 6.07) is 0. The topological polar surface area (TPSA) is 109 Å². The lowest BCUT2D eigenvalue weighted by Gasteiger charge is -2.36. The smallest absolute Gasteiger partial charge is 0.309 e. The van der Waals surface area contributed by atoms with Crippen LogP contribution in [0.4, 0.5) is 11.6 Å². The highest BCUT2D eigenvalue weighted by Gasteiger charge is 2.37. The average Bonchev–Trinajstić information content (AvgIpc) is 2.39. The number of aromatic nitrogens is 2. The molecule has 0 unspecified atom stereocenters. The van der Waals surface area contributed by atoms with Crippen LogP contribution in [0.1, 0.15) is 19.8 Å². The van der Waals surface area contributed by atoms with Gasteiger partial charge < -0.3 is 10.0 Å². The summed E-state index contributed by atoms with van der Waals surface area (Å²) in [6.45, 7) is 2.78. The normalized spacial score (nSPS) is 18.1. The van der Waals surface area contributed by atoms with Gasteiger partial charge in [-0.2, -0.15) is 0 Å². The quantitative estimate of drug-likeness (QED) is 0.643. The summed E-state index contributed by atoms with van der Waals surface area (Å²) in [6.07, 6.45) is 3.33. The number of hydrogen-bond acceptors (Lipinski definition) is 6. The van der Waals surface area contributed by atoms with Gasteiger partial charge in [0.05, 0.1) is 10.3 Å². The molecule has 102 valence electrons. The molecular weight excluding hydrogens is 252 g/mol. The first kappa shape index (κ1) is 13.2. The van der Waals surface area contributed by atoms with E-state index in [2.05, 4.69) is 9.97 Å². The Labute approximate surface area is 109 Å². The predicted octanol–water partition coefficient (Wildman–Crippen LogP) is 1.08. The fraction of sp³-hybridized carbons (Fsp3) is 0.545. The summed E-state index contributed by atoms with van der Waals surface area (Å²) in [5.41, 5.74) is -0.867. The van der Waals surface area contributed by atoms with Crippen molar-refractivity contribution in [2.45, 2.75) is 19.8 Å². The third-order valence-corrected chi connectivity index (χ3v) is 3.50. The maximum absolute atomic E-state index is 11.1. The molecule has 8 nitrogen and oxygen atoms in total. The highest BCUT2D eigenvalue weighted by Crippen LogP contribution is 2.32. The van der Waals surface area contributed by atoms with Gasteiger partial charge >= 0.3 is 11.7 Å². The number of piperidine rings is 1. The molecule has 0 radical (unpaired) electrons. The van der Waals surface area contributed by atoms with Crippen LogP contribution in [0.3, 0.4) is 0 Å². The molecular formula is C11H14N4O4. The second-order valence-corrected chi connectivity index (χ2v) is 4.85. The molecule has 0 bridgehead atoms. The van der Waals surface area contributed by atoms with Gasteiger partial charge in [0.1, 0.15) is 12.4 Å². The van der Waals surface area contributed by atoms with Crippen molar-refractivity contribution in [2.24, 2.45) is 5.41 Å². The van der Waals surface area contributed by atoms with Gasteiger partial charge in [-0.1, -0.05) is 0 Å². The Bertz CT molecular complexity index is 494. The van der Waals surface area contributed by atoms with Gasteiger partial charge in [-0.15, -0.1) is 0 Å². The number of nitrogens with zero attached hydrogens (tertiary/aromatic N) is 4. The average molecular weight is 266 g/mol. The number of anilines is 1. The zero-order valence-corrected chi connectivity index (χ0v) is 10.4. The zero-order chi connectivity index (χ0) is 14.0. The standard InChI is InChI=1S/C11H14N4O4/c1-11(9(16)17)2-4-14(5-3-11)10-12-6-8(7-13-10)15(18)19/h6-7H,2-5H2,1H3,(H,16,17). The van der Waals surface area contributed by atoms with E-state index >= 15 is 0 Å². The molecule has 19 heavy (non-hydrogen) atoms. The maximum Gasteiger partial charge on any atom is 0.309 e. The maximum atomic E-state index is 11.1. The van der Waals surface area contributed by atoms with Crippen LogP contribution in [-0.2, 0) is 4.79 Å². The van der Waals surface area contributed by atoms with Gasteiger partial charge in [0.2, 0.25) is 5.95 Å². The first-order chi connectivity index (χ1) is 8.92. The SMILES string of the molecule is CC1(C(=O)O)CCN(c2ncc([N+](=O)[O-])cn2)CC1. The van der Waals surface area contributed by atoms with Crippen LogP contribution in [0.25, 0.3) is 0 Å². The van der Waals surface area contributed by atoms with E-state index in [-0.39, 0.29) is 5.69 Å². The summed E-state index contributed by atoms with van der Waals surface area (Å²) >= 11 is 0. The summed E-state index contributed by atoms with van der Waals surface area (Å²) in [5, 5.41) is 19.6. The number of nitro groups is 1. The van der Waals surface area contributed by atoms with Crippen LogP contribution >= 0.6 is 0 Å². The highest BCUT2D eigenvalue weighted by molar-refractivity contribution is 5.74. The molecule has 1 aromatic heterocycles. The summed E-state index contributed by atoms with van der Waals surface area (Å²) in [7, 11) is 0. The van der Waals surface area contributed by atoms with Crippen molar-refractivity contribution in [3.8, 4) is 0 Å². The first-order valence-electron chi connectivity index (χ1n) is 5.87. The lowest BCUT2D eigenvalue weighted by molar-refractivity contribution is -0.385. The van der Waals surface area contributed by atoms with E-state index in [9.17, 15) is 14.9 Å². The minimum Gasteiger partial charge on any atom is -0.481 e. The molecule has 1 saturated heterocycles. The number of aliphatic carboxylic acids is 1. The third kappa shape index (κ3) is 2.61. The molecule has 0 atom stereocenters. The Morgan fingerprint density at radius 1 is 1.42 bits per heavy atom. The van der Waals surface area contributed by atoms with E-state index in [1.165, 1.54) is 0 Å². The van der Waals surface area contributed by atoms with E-state index in [1.54, 1.807) is 6.92 Å². The molecule has 0 spiro atoms. The van der Waals surface area contributed by atoms with E-state index in [0.29, 0.717) is 31.9 Å². The van der Waals surface area contributed by atoms with E-state index in [4.69, 9.17) is 5.11 Å². The van der Waals surface area contributed by atoms with Crippen LogP contribution in [-0.4, -0.2) is 39.1 Å². The molecule has 1 aliphatic heterocycles. The Hall–Kier alpha value is -2.25. The summed E-state index contributed by atoms with van der Waals surface area (Å²) < 4.78 is 0. The Kier molecular flexibility index (Phi) is 3.32. The van der Waals surface area contributed by atoms with Gasteiger partial charge in [0, 0.05) is 13.1 Å². The lowest BCUT2D eigenvalue weighted by atomic mass is 9.80. The van der Waals surface area contributed by atoms with Crippen molar-refractivity contribution in [3.63, 3.8) is 0 Å². The van der Waals surface area contributed by atoms with Gasteiger partial charge in [0.15, 0.2) is 0 Å².